The predicted octanol–water partition coefficient (Wildman–Crippen LogP) is 3.80. The molecule has 1 saturated heterocycles. The molecule has 2 amide bonds. The summed E-state index contributed by atoms with van der Waals surface area (Å²) in [6, 6.07) is 9.22. The zero-order valence-electron chi connectivity index (χ0n) is 19.0. The number of fused-ring (bicyclic) bond motifs is 1. The summed E-state index contributed by atoms with van der Waals surface area (Å²) in [5.74, 6) is -1.04. The maximum Gasteiger partial charge on any atom is 0.340 e. The molecule has 3 aliphatic carbocycles. The van der Waals surface area contributed by atoms with Gasteiger partial charge < -0.3 is 9.30 Å². The average Bonchev–Trinajstić information content (AvgIpc) is 3.26. The maximum atomic E-state index is 13.0. The monoisotopic (exact) mass is 445 g/mol. The van der Waals surface area contributed by atoms with Gasteiger partial charge in [0.05, 0.1) is 35.9 Å². The van der Waals surface area contributed by atoms with Crippen molar-refractivity contribution in [2.24, 2.45) is 28.8 Å². The standard InChI is InChI=1S/C26H27N3O4/c1-4-33-26(32)20-7-5-6-8-21(20)28-15(2)13-19(16(28)3)14-27-29-24(30)22-17-9-10-18(12-11-17)23(22)25(29)31/h5-10,13-14,17-18,22-23H,4,11-12H2,1-3H3/b27-14-/t17-,18-,22+,23+/m0/s1. The highest BCUT2D eigenvalue weighted by atomic mass is 16.5. The Morgan fingerprint density at radius 3 is 2.33 bits per heavy atom. The van der Waals surface area contributed by atoms with Crippen LogP contribution < -0.4 is 0 Å². The molecule has 2 fully saturated rings. The number of hydrogen-bond acceptors (Lipinski definition) is 5. The zero-order chi connectivity index (χ0) is 23.3. The average molecular weight is 446 g/mol. The van der Waals surface area contributed by atoms with Crippen molar-refractivity contribution in [3.63, 3.8) is 0 Å². The van der Waals surface area contributed by atoms with Crippen molar-refractivity contribution >= 4 is 24.0 Å². The van der Waals surface area contributed by atoms with E-state index < -0.39 is 0 Å². The van der Waals surface area contributed by atoms with E-state index in [2.05, 4.69) is 17.3 Å². The molecule has 1 aromatic carbocycles. The molecule has 7 heteroatoms. The third-order valence-corrected chi connectivity index (χ3v) is 7.16. The van der Waals surface area contributed by atoms with E-state index in [1.807, 2.05) is 36.6 Å². The van der Waals surface area contributed by atoms with Crippen molar-refractivity contribution in [3.05, 3.63) is 65.0 Å². The molecule has 2 bridgehead atoms. The first-order valence-electron chi connectivity index (χ1n) is 11.5. The molecule has 4 atom stereocenters. The van der Waals surface area contributed by atoms with Gasteiger partial charge in [-0.2, -0.15) is 10.1 Å². The molecule has 2 heterocycles. The van der Waals surface area contributed by atoms with E-state index in [1.54, 1.807) is 25.3 Å². The molecule has 7 nitrogen and oxygen atoms in total. The number of imide groups is 1. The van der Waals surface area contributed by atoms with Gasteiger partial charge in [-0.05, 0) is 63.6 Å². The van der Waals surface area contributed by atoms with E-state index in [0.29, 0.717) is 17.9 Å². The Kier molecular flexibility index (Phi) is 5.27. The van der Waals surface area contributed by atoms with Gasteiger partial charge in [0.2, 0.25) is 0 Å². The van der Waals surface area contributed by atoms with Gasteiger partial charge >= 0.3 is 5.97 Å². The van der Waals surface area contributed by atoms with E-state index in [-0.39, 0.29) is 41.5 Å². The first kappa shape index (κ1) is 21.4. The van der Waals surface area contributed by atoms with Crippen LogP contribution in [0, 0.1) is 37.5 Å². The minimum absolute atomic E-state index is 0.140. The highest BCUT2D eigenvalue weighted by Crippen LogP contribution is 2.49. The number of allylic oxidation sites excluding steroid dienone is 2. The van der Waals surface area contributed by atoms with Crippen molar-refractivity contribution < 1.29 is 19.1 Å². The fraction of sp³-hybridized carbons (Fsp3) is 0.385. The molecule has 0 N–H and O–H groups in total. The Morgan fingerprint density at radius 2 is 1.73 bits per heavy atom. The minimum atomic E-state index is -0.380. The summed E-state index contributed by atoms with van der Waals surface area (Å²) >= 11 is 0. The Hall–Kier alpha value is -3.48. The van der Waals surface area contributed by atoms with Crippen molar-refractivity contribution in [2.75, 3.05) is 6.61 Å². The summed E-state index contributed by atoms with van der Waals surface area (Å²) in [6.07, 6.45) is 7.69. The number of benzene rings is 1. The lowest BCUT2D eigenvalue weighted by atomic mass is 9.63. The van der Waals surface area contributed by atoms with E-state index in [0.717, 1.165) is 34.8 Å². The van der Waals surface area contributed by atoms with Gasteiger partial charge in [-0.25, -0.2) is 4.79 Å². The lowest BCUT2D eigenvalue weighted by Gasteiger charge is -2.37. The summed E-state index contributed by atoms with van der Waals surface area (Å²) in [7, 11) is 0. The number of hydrogen-bond donors (Lipinski definition) is 0. The number of carbonyl (C=O) groups excluding carboxylic acids is 3. The van der Waals surface area contributed by atoms with E-state index in [9.17, 15) is 14.4 Å². The quantitative estimate of drug-likeness (QED) is 0.303. The number of amides is 2. The minimum Gasteiger partial charge on any atom is -0.462 e. The fourth-order valence-electron chi connectivity index (χ4n) is 5.63. The van der Waals surface area contributed by atoms with Crippen LogP contribution in [0.25, 0.3) is 5.69 Å². The van der Waals surface area contributed by atoms with Crippen LogP contribution in [0.5, 0.6) is 0 Å². The summed E-state index contributed by atoms with van der Waals surface area (Å²) in [5, 5.41) is 5.42. The highest BCUT2D eigenvalue weighted by molar-refractivity contribution is 6.06. The smallest absolute Gasteiger partial charge is 0.340 e. The SMILES string of the molecule is CCOC(=O)c1ccccc1-n1c(C)cc(/C=N\N2C(=O)[C@H]3[C@H](C2=O)[C@H]2C=C[C@H]3CC2)c1C. The second kappa shape index (κ2) is 8.14. The van der Waals surface area contributed by atoms with Crippen molar-refractivity contribution in [1.29, 1.82) is 0 Å². The van der Waals surface area contributed by atoms with Gasteiger partial charge in [0.15, 0.2) is 0 Å². The van der Waals surface area contributed by atoms with Crippen LogP contribution in [0.1, 0.15) is 47.1 Å². The molecular formula is C26H27N3O4. The van der Waals surface area contributed by atoms with Gasteiger partial charge in [0, 0.05) is 17.0 Å². The molecule has 4 aliphatic rings. The zero-order valence-corrected chi connectivity index (χ0v) is 19.0. The molecule has 1 saturated carbocycles. The molecule has 0 unspecified atom stereocenters. The maximum absolute atomic E-state index is 13.0. The Balaban J connectivity index is 1.46. The van der Waals surface area contributed by atoms with E-state index in [1.165, 1.54) is 0 Å². The molecular weight excluding hydrogens is 418 g/mol. The summed E-state index contributed by atoms with van der Waals surface area (Å²) in [6.45, 7) is 5.94. The topological polar surface area (TPSA) is 81.0 Å². The molecule has 0 radical (unpaired) electrons. The van der Waals surface area contributed by atoms with E-state index in [4.69, 9.17) is 4.74 Å². The third-order valence-electron chi connectivity index (χ3n) is 7.16. The van der Waals surface area contributed by atoms with Crippen LogP contribution in [-0.4, -0.2) is 40.2 Å². The number of nitrogens with zero attached hydrogens (tertiary/aromatic N) is 3. The second-order valence-electron chi connectivity index (χ2n) is 8.97. The molecule has 0 spiro atoms. The van der Waals surface area contributed by atoms with Crippen LogP contribution in [0.3, 0.4) is 0 Å². The largest absolute Gasteiger partial charge is 0.462 e. The lowest BCUT2D eigenvalue weighted by molar-refractivity contribution is -0.140. The van der Waals surface area contributed by atoms with Crippen LogP contribution in [0.4, 0.5) is 0 Å². The summed E-state index contributed by atoms with van der Waals surface area (Å²) in [4.78, 5) is 38.5. The Labute approximate surface area is 192 Å². The normalized spacial score (nSPS) is 25.8. The number of ether oxygens (including phenoxy) is 1. The van der Waals surface area contributed by atoms with Crippen molar-refractivity contribution in [3.8, 4) is 5.69 Å². The van der Waals surface area contributed by atoms with Gasteiger partial charge in [-0.15, -0.1) is 0 Å². The van der Waals surface area contributed by atoms with Crippen LogP contribution in [-0.2, 0) is 14.3 Å². The number of aryl methyl sites for hydroxylation is 1. The molecule has 2 aromatic rings. The van der Waals surface area contributed by atoms with Gasteiger partial charge in [-0.1, -0.05) is 24.3 Å². The third kappa shape index (κ3) is 3.34. The molecule has 6 rings (SSSR count). The fourth-order valence-corrected chi connectivity index (χ4v) is 5.63. The van der Waals surface area contributed by atoms with Crippen LogP contribution >= 0.6 is 0 Å². The summed E-state index contributed by atoms with van der Waals surface area (Å²) < 4.78 is 7.18. The van der Waals surface area contributed by atoms with Crippen LogP contribution in [0.15, 0.2) is 47.6 Å². The van der Waals surface area contributed by atoms with Gasteiger partial charge in [0.1, 0.15) is 0 Å². The van der Waals surface area contributed by atoms with Crippen LogP contribution in [0.2, 0.25) is 0 Å². The summed E-state index contributed by atoms with van der Waals surface area (Å²) in [5.41, 5.74) is 3.73. The molecule has 33 heavy (non-hydrogen) atoms. The first-order chi connectivity index (χ1) is 15.9. The lowest BCUT2D eigenvalue weighted by Crippen LogP contribution is -2.38. The Bertz CT molecular complexity index is 1180. The van der Waals surface area contributed by atoms with Gasteiger partial charge in [0.25, 0.3) is 11.8 Å². The first-order valence-corrected chi connectivity index (χ1v) is 11.5. The molecule has 1 aliphatic heterocycles. The number of rotatable bonds is 5. The molecule has 170 valence electrons. The molecule has 1 aromatic heterocycles. The van der Waals surface area contributed by atoms with Gasteiger partial charge in [-0.3, -0.25) is 9.59 Å². The predicted molar refractivity (Wildman–Crippen MR) is 123 cm³/mol. The highest BCUT2D eigenvalue weighted by Gasteiger charge is 2.56. The number of para-hydroxylation sites is 1. The van der Waals surface area contributed by atoms with E-state index >= 15 is 0 Å². The number of carbonyl (C=O) groups is 3. The Morgan fingerprint density at radius 1 is 1.09 bits per heavy atom. The van der Waals surface area contributed by atoms with Crippen molar-refractivity contribution in [2.45, 2.75) is 33.6 Å². The van der Waals surface area contributed by atoms with Crippen molar-refractivity contribution in [1.82, 2.24) is 9.58 Å². The second-order valence-corrected chi connectivity index (χ2v) is 8.97. The number of hydrazone groups is 1. The number of esters is 1. The number of aromatic nitrogens is 1.